The van der Waals surface area contributed by atoms with Gasteiger partial charge >= 0.3 is 0 Å². The van der Waals surface area contributed by atoms with E-state index in [1.54, 1.807) is 7.11 Å². The molecule has 0 unspecified atom stereocenters. The zero-order valence-corrected chi connectivity index (χ0v) is 14.2. The Labute approximate surface area is 147 Å². The minimum Gasteiger partial charge on any atom is -0.481 e. The molecule has 1 aliphatic heterocycles. The predicted octanol–water partition coefficient (Wildman–Crippen LogP) is 3.11. The second-order valence-corrected chi connectivity index (χ2v) is 6.20. The lowest BCUT2D eigenvalue weighted by atomic mass is 10.1. The Kier molecular flexibility index (Phi) is 4.39. The van der Waals surface area contributed by atoms with Crippen LogP contribution in [0.1, 0.15) is 16.8 Å². The molecule has 0 N–H and O–H groups in total. The Morgan fingerprint density at radius 3 is 2.68 bits per heavy atom. The van der Waals surface area contributed by atoms with Crippen molar-refractivity contribution in [3.05, 3.63) is 71.7 Å². The summed E-state index contributed by atoms with van der Waals surface area (Å²) in [5, 5.41) is 0. The fourth-order valence-electron chi connectivity index (χ4n) is 3.12. The van der Waals surface area contributed by atoms with Gasteiger partial charge in [-0.15, -0.1) is 0 Å². The van der Waals surface area contributed by atoms with Gasteiger partial charge in [0.15, 0.2) is 5.82 Å². The number of fused-ring (bicyclic) bond motifs is 1. The summed E-state index contributed by atoms with van der Waals surface area (Å²) in [7, 11) is 1.63. The van der Waals surface area contributed by atoms with Crippen LogP contribution in [0.3, 0.4) is 0 Å². The predicted molar refractivity (Wildman–Crippen MR) is 96.1 cm³/mol. The van der Waals surface area contributed by atoms with Gasteiger partial charge in [-0.2, -0.15) is 0 Å². The molecule has 5 heteroatoms. The van der Waals surface area contributed by atoms with E-state index in [9.17, 15) is 0 Å². The Bertz CT molecular complexity index is 849. The summed E-state index contributed by atoms with van der Waals surface area (Å²) in [6.07, 6.45) is 4.80. The first-order valence-electron chi connectivity index (χ1n) is 8.43. The van der Waals surface area contributed by atoms with E-state index in [2.05, 4.69) is 20.9 Å². The van der Waals surface area contributed by atoms with Crippen molar-refractivity contribution in [3.63, 3.8) is 0 Å². The molecule has 0 atom stereocenters. The van der Waals surface area contributed by atoms with E-state index in [0.29, 0.717) is 5.88 Å². The first-order valence-corrected chi connectivity index (χ1v) is 8.43. The second kappa shape index (κ2) is 6.99. The van der Waals surface area contributed by atoms with Crippen LogP contribution in [0.5, 0.6) is 5.88 Å². The average Bonchev–Trinajstić information content (AvgIpc) is 2.69. The van der Waals surface area contributed by atoms with Gasteiger partial charge in [-0.1, -0.05) is 36.4 Å². The van der Waals surface area contributed by atoms with E-state index in [1.165, 1.54) is 11.1 Å². The van der Waals surface area contributed by atoms with Crippen molar-refractivity contribution in [2.45, 2.75) is 19.5 Å². The number of pyridine rings is 1. The fourth-order valence-corrected chi connectivity index (χ4v) is 3.12. The molecule has 0 fully saturated rings. The standard InChI is InChI=1S/C20H20N4O/c1-25-19-8-7-15(11-21-19)13-24-10-9-18-17(14-24)12-22-20(23-18)16-5-3-2-4-6-16/h2-8,11-12H,9-10,13-14H2,1H3. The van der Waals surface area contributed by atoms with Crippen molar-refractivity contribution >= 4 is 0 Å². The molecule has 126 valence electrons. The van der Waals surface area contributed by atoms with Crippen LogP contribution in [0.15, 0.2) is 54.9 Å². The molecule has 0 amide bonds. The number of nitrogens with zero attached hydrogens (tertiary/aromatic N) is 4. The molecule has 0 spiro atoms. The van der Waals surface area contributed by atoms with E-state index in [-0.39, 0.29) is 0 Å². The third-order valence-electron chi connectivity index (χ3n) is 4.46. The first kappa shape index (κ1) is 15.7. The first-order chi connectivity index (χ1) is 12.3. The smallest absolute Gasteiger partial charge is 0.212 e. The third-order valence-corrected chi connectivity index (χ3v) is 4.46. The van der Waals surface area contributed by atoms with E-state index < -0.39 is 0 Å². The van der Waals surface area contributed by atoms with Gasteiger partial charge < -0.3 is 4.74 Å². The molecule has 3 aromatic rings. The summed E-state index contributed by atoms with van der Waals surface area (Å²) in [6, 6.07) is 14.1. The maximum atomic E-state index is 5.11. The molecule has 5 nitrogen and oxygen atoms in total. The highest BCUT2D eigenvalue weighted by molar-refractivity contribution is 5.54. The van der Waals surface area contributed by atoms with Crippen LogP contribution < -0.4 is 4.74 Å². The normalized spacial score (nSPS) is 14.1. The molecule has 0 saturated heterocycles. The zero-order valence-electron chi connectivity index (χ0n) is 14.2. The van der Waals surface area contributed by atoms with Gasteiger partial charge in [-0.3, -0.25) is 4.90 Å². The molecular formula is C20H20N4O. The number of hydrogen-bond donors (Lipinski definition) is 0. The van der Waals surface area contributed by atoms with Crippen molar-refractivity contribution in [2.24, 2.45) is 0 Å². The van der Waals surface area contributed by atoms with Gasteiger partial charge in [0.25, 0.3) is 0 Å². The number of hydrogen-bond acceptors (Lipinski definition) is 5. The maximum absolute atomic E-state index is 5.11. The van der Waals surface area contributed by atoms with Crippen LogP contribution in [-0.4, -0.2) is 33.5 Å². The molecule has 1 aliphatic rings. The van der Waals surface area contributed by atoms with Crippen LogP contribution in [-0.2, 0) is 19.5 Å². The molecular weight excluding hydrogens is 312 g/mol. The second-order valence-electron chi connectivity index (χ2n) is 6.20. The van der Waals surface area contributed by atoms with Crippen LogP contribution in [0.25, 0.3) is 11.4 Å². The molecule has 2 aromatic heterocycles. The lowest BCUT2D eigenvalue weighted by Gasteiger charge is -2.28. The number of methoxy groups -OCH3 is 1. The summed E-state index contributed by atoms with van der Waals surface area (Å²) in [5.41, 5.74) is 4.63. The highest BCUT2D eigenvalue weighted by atomic mass is 16.5. The van der Waals surface area contributed by atoms with Gasteiger partial charge in [0.05, 0.1) is 12.8 Å². The zero-order chi connectivity index (χ0) is 17.1. The van der Waals surface area contributed by atoms with E-state index in [0.717, 1.165) is 43.1 Å². The fraction of sp³-hybridized carbons (Fsp3) is 0.250. The van der Waals surface area contributed by atoms with Crippen molar-refractivity contribution < 1.29 is 4.74 Å². The van der Waals surface area contributed by atoms with Crippen molar-refractivity contribution in [2.75, 3.05) is 13.7 Å². The minimum absolute atomic E-state index is 0.648. The van der Waals surface area contributed by atoms with Crippen molar-refractivity contribution in [1.82, 2.24) is 19.9 Å². The molecule has 25 heavy (non-hydrogen) atoms. The van der Waals surface area contributed by atoms with E-state index in [1.807, 2.05) is 48.8 Å². The van der Waals surface area contributed by atoms with Crippen molar-refractivity contribution in [3.8, 4) is 17.3 Å². The summed E-state index contributed by atoms with van der Waals surface area (Å²) in [4.78, 5) is 16.0. The van der Waals surface area contributed by atoms with Crippen LogP contribution in [0, 0.1) is 0 Å². The van der Waals surface area contributed by atoms with Crippen molar-refractivity contribution in [1.29, 1.82) is 0 Å². The number of rotatable bonds is 4. The third kappa shape index (κ3) is 3.51. The monoisotopic (exact) mass is 332 g/mol. The van der Waals surface area contributed by atoms with Gasteiger partial charge in [0, 0.05) is 55.6 Å². The lowest BCUT2D eigenvalue weighted by molar-refractivity contribution is 0.242. The Morgan fingerprint density at radius 1 is 1.04 bits per heavy atom. The Hall–Kier alpha value is -2.79. The summed E-state index contributed by atoms with van der Waals surface area (Å²) in [5.74, 6) is 1.46. The topological polar surface area (TPSA) is 51.1 Å². The average molecular weight is 332 g/mol. The number of ether oxygens (including phenoxy) is 1. The molecule has 0 bridgehead atoms. The van der Waals surface area contributed by atoms with Crippen LogP contribution in [0.4, 0.5) is 0 Å². The molecule has 0 saturated carbocycles. The minimum atomic E-state index is 0.648. The quantitative estimate of drug-likeness (QED) is 0.735. The highest BCUT2D eigenvalue weighted by Gasteiger charge is 2.19. The summed E-state index contributed by atoms with van der Waals surface area (Å²) >= 11 is 0. The maximum Gasteiger partial charge on any atom is 0.212 e. The lowest BCUT2D eigenvalue weighted by Crippen LogP contribution is -2.31. The van der Waals surface area contributed by atoms with Gasteiger partial charge in [-0.05, 0) is 5.56 Å². The molecule has 4 rings (SSSR count). The Balaban J connectivity index is 1.48. The largest absolute Gasteiger partial charge is 0.481 e. The van der Waals surface area contributed by atoms with Gasteiger partial charge in [0.2, 0.25) is 5.88 Å². The summed E-state index contributed by atoms with van der Waals surface area (Å²) < 4.78 is 5.11. The molecule has 1 aromatic carbocycles. The van der Waals surface area contributed by atoms with E-state index >= 15 is 0 Å². The molecule has 0 radical (unpaired) electrons. The van der Waals surface area contributed by atoms with Gasteiger partial charge in [0.1, 0.15) is 0 Å². The Morgan fingerprint density at radius 2 is 1.92 bits per heavy atom. The van der Waals surface area contributed by atoms with Crippen LogP contribution >= 0.6 is 0 Å². The van der Waals surface area contributed by atoms with Crippen LogP contribution in [0.2, 0.25) is 0 Å². The summed E-state index contributed by atoms with van der Waals surface area (Å²) in [6.45, 7) is 2.73. The van der Waals surface area contributed by atoms with Gasteiger partial charge in [-0.25, -0.2) is 15.0 Å². The highest BCUT2D eigenvalue weighted by Crippen LogP contribution is 2.22. The molecule has 3 heterocycles. The molecule has 0 aliphatic carbocycles. The number of benzene rings is 1. The SMILES string of the molecule is COc1ccc(CN2CCc3nc(-c4ccccc4)ncc3C2)cn1. The van der Waals surface area contributed by atoms with E-state index in [4.69, 9.17) is 9.72 Å². The number of aromatic nitrogens is 3.